The summed E-state index contributed by atoms with van der Waals surface area (Å²) in [6.07, 6.45) is 5.73. The van der Waals surface area contributed by atoms with E-state index in [1.54, 1.807) is 7.11 Å². The van der Waals surface area contributed by atoms with E-state index in [0.717, 1.165) is 37.0 Å². The van der Waals surface area contributed by atoms with Crippen LogP contribution in [-0.2, 0) is 9.59 Å². The first-order chi connectivity index (χ1) is 13.0. The number of hydrogen-bond donors (Lipinski definition) is 3. The van der Waals surface area contributed by atoms with E-state index in [9.17, 15) is 9.59 Å². The second-order valence-electron chi connectivity index (χ2n) is 8.01. The van der Waals surface area contributed by atoms with Gasteiger partial charge in [0.05, 0.1) is 19.6 Å². The summed E-state index contributed by atoms with van der Waals surface area (Å²) in [6, 6.07) is 7.60. The average molecular weight is 410 g/mol. The molecule has 1 aromatic rings. The number of nitrogens with one attached hydrogen (secondary N) is 2. The molecule has 7 heteroatoms. The number of fused-ring (bicyclic) bond motifs is 2. The highest BCUT2D eigenvalue weighted by Gasteiger charge is 2.40. The predicted molar refractivity (Wildman–Crippen MR) is 111 cm³/mol. The Morgan fingerprint density at radius 1 is 1.18 bits per heavy atom. The molecule has 2 fully saturated rings. The molecule has 0 saturated heterocycles. The van der Waals surface area contributed by atoms with E-state index < -0.39 is 0 Å². The molecule has 0 spiro atoms. The molecule has 156 valence electrons. The van der Waals surface area contributed by atoms with Gasteiger partial charge in [-0.15, -0.1) is 12.4 Å². The number of halogens is 1. The summed E-state index contributed by atoms with van der Waals surface area (Å²) in [5.41, 5.74) is 7.08. The molecule has 3 rings (SSSR count). The van der Waals surface area contributed by atoms with E-state index in [0.29, 0.717) is 11.8 Å². The van der Waals surface area contributed by atoms with Gasteiger partial charge >= 0.3 is 0 Å². The minimum Gasteiger partial charge on any atom is -0.497 e. The molecular formula is C21H32ClN3O3. The topological polar surface area (TPSA) is 93.4 Å². The third-order valence-corrected chi connectivity index (χ3v) is 5.99. The van der Waals surface area contributed by atoms with Crippen LogP contribution in [0.5, 0.6) is 5.75 Å². The Labute approximate surface area is 173 Å². The minimum atomic E-state index is -0.348. The third kappa shape index (κ3) is 5.61. The monoisotopic (exact) mass is 409 g/mol. The largest absolute Gasteiger partial charge is 0.497 e. The Morgan fingerprint density at radius 2 is 1.79 bits per heavy atom. The van der Waals surface area contributed by atoms with Crippen molar-refractivity contribution in [3.8, 4) is 5.75 Å². The van der Waals surface area contributed by atoms with Crippen LogP contribution in [0.3, 0.4) is 0 Å². The maximum atomic E-state index is 12.8. The number of hydrogen-bond acceptors (Lipinski definition) is 4. The molecule has 0 aliphatic heterocycles. The molecule has 4 N–H and O–H groups in total. The highest BCUT2D eigenvalue weighted by atomic mass is 35.5. The lowest BCUT2D eigenvalue weighted by Gasteiger charge is -2.45. The number of rotatable bonds is 6. The van der Waals surface area contributed by atoms with Gasteiger partial charge in [0.15, 0.2) is 0 Å². The third-order valence-electron chi connectivity index (χ3n) is 5.99. The molecule has 2 saturated carbocycles. The molecule has 0 aromatic heterocycles. The highest BCUT2D eigenvalue weighted by molar-refractivity contribution is 5.85. The number of methoxy groups -OCH3 is 1. The van der Waals surface area contributed by atoms with Gasteiger partial charge < -0.3 is 21.1 Å². The van der Waals surface area contributed by atoms with Gasteiger partial charge in [-0.3, -0.25) is 9.59 Å². The quantitative estimate of drug-likeness (QED) is 0.673. The Morgan fingerprint density at radius 3 is 2.32 bits per heavy atom. The van der Waals surface area contributed by atoms with E-state index in [1.165, 1.54) is 13.3 Å². The van der Waals surface area contributed by atoms with E-state index in [4.69, 9.17) is 10.5 Å². The standard InChI is InChI=1S/C21H31N3O3.ClH/c1-13(25)23-19(14-6-8-18(27-2)9-7-14)12-20(26)24-21-15-4-3-5-16(21)11-17(22)10-15;/h6-9,15-17,19,21H,3-5,10-12,22H2,1-2H3,(H,23,25)(H,24,26);1H. The zero-order chi connectivity index (χ0) is 19.4. The van der Waals surface area contributed by atoms with Crippen molar-refractivity contribution in [1.29, 1.82) is 0 Å². The molecule has 0 radical (unpaired) electrons. The van der Waals surface area contributed by atoms with Gasteiger partial charge in [-0.25, -0.2) is 0 Å². The van der Waals surface area contributed by atoms with E-state index >= 15 is 0 Å². The van der Waals surface area contributed by atoms with Crippen molar-refractivity contribution in [1.82, 2.24) is 10.6 Å². The molecule has 1 aromatic carbocycles. The van der Waals surface area contributed by atoms with Crippen LogP contribution in [0, 0.1) is 11.8 Å². The summed E-state index contributed by atoms with van der Waals surface area (Å²) in [5, 5.41) is 6.17. The second kappa shape index (κ2) is 10.1. The van der Waals surface area contributed by atoms with Gasteiger partial charge in [-0.2, -0.15) is 0 Å². The number of carbonyl (C=O) groups excluding carboxylic acids is 2. The first-order valence-corrected chi connectivity index (χ1v) is 9.92. The lowest BCUT2D eigenvalue weighted by molar-refractivity contribution is -0.124. The van der Waals surface area contributed by atoms with Crippen LogP contribution in [0.25, 0.3) is 0 Å². The molecule has 2 bridgehead atoms. The van der Waals surface area contributed by atoms with Crippen LogP contribution < -0.4 is 21.1 Å². The first-order valence-electron chi connectivity index (χ1n) is 9.92. The molecule has 28 heavy (non-hydrogen) atoms. The molecule has 6 nitrogen and oxygen atoms in total. The average Bonchev–Trinajstić information content (AvgIpc) is 2.61. The van der Waals surface area contributed by atoms with Gasteiger partial charge in [0.2, 0.25) is 11.8 Å². The molecular weight excluding hydrogens is 378 g/mol. The molecule has 2 aliphatic carbocycles. The Balaban J connectivity index is 0.00000280. The van der Waals surface area contributed by atoms with E-state index in [1.807, 2.05) is 24.3 Å². The van der Waals surface area contributed by atoms with Crippen LogP contribution in [0.4, 0.5) is 0 Å². The van der Waals surface area contributed by atoms with Gasteiger partial charge in [0.25, 0.3) is 0 Å². The zero-order valence-corrected chi connectivity index (χ0v) is 17.5. The lowest BCUT2D eigenvalue weighted by atomic mass is 9.67. The van der Waals surface area contributed by atoms with Crippen molar-refractivity contribution in [3.63, 3.8) is 0 Å². The summed E-state index contributed by atoms with van der Waals surface area (Å²) >= 11 is 0. The number of nitrogens with two attached hydrogens (primary N) is 1. The normalized spacial score (nSPS) is 27.1. The van der Waals surface area contributed by atoms with E-state index in [2.05, 4.69) is 10.6 Å². The van der Waals surface area contributed by atoms with Crippen molar-refractivity contribution in [2.24, 2.45) is 17.6 Å². The predicted octanol–water partition coefficient (Wildman–Crippen LogP) is 2.71. The van der Waals surface area contributed by atoms with Crippen molar-refractivity contribution < 1.29 is 14.3 Å². The summed E-state index contributed by atoms with van der Waals surface area (Å²) in [6.45, 7) is 1.47. The van der Waals surface area contributed by atoms with E-state index in [-0.39, 0.29) is 48.8 Å². The fourth-order valence-corrected chi connectivity index (χ4v) is 4.79. The van der Waals surface area contributed by atoms with Crippen LogP contribution >= 0.6 is 12.4 Å². The molecule has 0 heterocycles. The number of benzene rings is 1. The summed E-state index contributed by atoms with van der Waals surface area (Å²) in [4.78, 5) is 24.4. The summed E-state index contributed by atoms with van der Waals surface area (Å²) in [7, 11) is 1.61. The molecule has 3 unspecified atom stereocenters. The highest BCUT2D eigenvalue weighted by Crippen LogP contribution is 2.39. The van der Waals surface area contributed by atoms with Crippen molar-refractivity contribution in [2.75, 3.05) is 7.11 Å². The summed E-state index contributed by atoms with van der Waals surface area (Å²) < 4.78 is 5.19. The van der Waals surface area contributed by atoms with Gasteiger partial charge in [0, 0.05) is 19.0 Å². The number of ether oxygens (including phenoxy) is 1. The molecule has 3 atom stereocenters. The van der Waals surface area contributed by atoms with Gasteiger partial charge in [-0.05, 0) is 55.2 Å². The SMILES string of the molecule is COc1ccc(C(CC(=O)NC2C3CCCC2CC(N)C3)NC(C)=O)cc1.Cl. The van der Waals surface area contributed by atoms with Gasteiger partial charge in [0.1, 0.15) is 5.75 Å². The van der Waals surface area contributed by atoms with Crippen molar-refractivity contribution >= 4 is 24.2 Å². The van der Waals surface area contributed by atoms with Crippen molar-refractivity contribution in [2.45, 2.75) is 63.6 Å². The number of amides is 2. The second-order valence-corrected chi connectivity index (χ2v) is 8.01. The van der Waals surface area contributed by atoms with Crippen LogP contribution in [0.2, 0.25) is 0 Å². The minimum absolute atomic E-state index is 0. The van der Waals surface area contributed by atoms with Crippen LogP contribution in [0.1, 0.15) is 57.1 Å². The van der Waals surface area contributed by atoms with Gasteiger partial charge in [-0.1, -0.05) is 18.6 Å². The van der Waals surface area contributed by atoms with Crippen LogP contribution in [0.15, 0.2) is 24.3 Å². The number of carbonyl (C=O) groups is 2. The fourth-order valence-electron chi connectivity index (χ4n) is 4.79. The molecule has 2 aliphatic rings. The lowest BCUT2D eigenvalue weighted by Crippen LogP contribution is -2.54. The fraction of sp³-hybridized carbons (Fsp3) is 0.619. The molecule has 2 amide bonds. The maximum absolute atomic E-state index is 12.8. The first kappa shape index (κ1) is 22.5. The van der Waals surface area contributed by atoms with Crippen LogP contribution in [-0.4, -0.2) is 31.0 Å². The van der Waals surface area contributed by atoms with Crippen molar-refractivity contribution in [3.05, 3.63) is 29.8 Å². The Hall–Kier alpha value is -1.79. The summed E-state index contributed by atoms with van der Waals surface area (Å²) in [5.74, 6) is 1.55. The Kier molecular flexibility index (Phi) is 8.13. The Bertz CT molecular complexity index is 653. The maximum Gasteiger partial charge on any atom is 0.222 e. The smallest absolute Gasteiger partial charge is 0.222 e. The zero-order valence-electron chi connectivity index (χ0n) is 16.6.